The molecular weight excluding hydrogens is 334 g/mol. The van der Waals surface area contributed by atoms with E-state index >= 15 is 0 Å². The topological polar surface area (TPSA) is 74.3 Å². The molecule has 26 heavy (non-hydrogen) atoms. The summed E-state index contributed by atoms with van der Waals surface area (Å²) in [5.41, 5.74) is 1.02. The van der Waals surface area contributed by atoms with Gasteiger partial charge in [0.2, 0.25) is 5.95 Å². The van der Waals surface area contributed by atoms with Crippen molar-refractivity contribution < 1.29 is 4.74 Å². The maximum atomic E-state index is 12.9. The van der Waals surface area contributed by atoms with Crippen LogP contribution < -0.4 is 20.9 Å². The molecule has 4 rings (SSSR count). The molecule has 0 N–H and O–H groups in total. The van der Waals surface area contributed by atoms with Gasteiger partial charge in [0.05, 0.1) is 7.11 Å². The molecule has 0 bridgehead atoms. The summed E-state index contributed by atoms with van der Waals surface area (Å²) in [5, 5.41) is 0. The molecule has 1 aliphatic heterocycles. The van der Waals surface area contributed by atoms with E-state index in [4.69, 9.17) is 4.74 Å². The van der Waals surface area contributed by atoms with Crippen LogP contribution in [0, 0.1) is 0 Å². The van der Waals surface area contributed by atoms with Gasteiger partial charge in [0.25, 0.3) is 5.56 Å². The molecule has 0 atom stereocenters. The van der Waals surface area contributed by atoms with Crippen LogP contribution >= 0.6 is 0 Å². The minimum Gasteiger partial charge on any atom is -0.497 e. The number of imidazole rings is 1. The average Bonchev–Trinajstić information content (AvgIpc) is 3.22. The molecule has 0 aliphatic carbocycles. The van der Waals surface area contributed by atoms with Crippen LogP contribution in [0.5, 0.6) is 5.75 Å². The number of rotatable bonds is 4. The van der Waals surface area contributed by atoms with Crippen LogP contribution in [0.25, 0.3) is 11.2 Å². The third-order valence-electron chi connectivity index (χ3n) is 4.68. The Bertz CT molecular complexity index is 1140. The van der Waals surface area contributed by atoms with Crippen LogP contribution in [0.15, 0.2) is 46.5 Å². The number of nitrogens with zero attached hydrogens (tertiary/aromatic N) is 5. The van der Waals surface area contributed by atoms with E-state index < -0.39 is 5.69 Å². The fourth-order valence-corrected chi connectivity index (χ4v) is 3.39. The van der Waals surface area contributed by atoms with E-state index in [1.807, 2.05) is 33.7 Å². The molecule has 2 aromatic heterocycles. The Kier molecular flexibility index (Phi) is 3.68. The smallest absolute Gasteiger partial charge is 0.332 e. The van der Waals surface area contributed by atoms with Gasteiger partial charge < -0.3 is 14.2 Å². The summed E-state index contributed by atoms with van der Waals surface area (Å²) in [6.45, 7) is 5.10. The van der Waals surface area contributed by atoms with Crippen LogP contribution in [-0.2, 0) is 20.1 Å². The summed E-state index contributed by atoms with van der Waals surface area (Å²) < 4.78 is 9.76. The quantitative estimate of drug-likeness (QED) is 0.660. The number of methoxy groups -OCH3 is 1. The molecule has 8 heteroatoms. The van der Waals surface area contributed by atoms with Gasteiger partial charge >= 0.3 is 5.69 Å². The highest BCUT2D eigenvalue weighted by Gasteiger charge is 2.28. The summed E-state index contributed by atoms with van der Waals surface area (Å²) in [7, 11) is 3.25. The Morgan fingerprint density at radius 1 is 1.31 bits per heavy atom. The monoisotopic (exact) mass is 353 g/mol. The van der Waals surface area contributed by atoms with Gasteiger partial charge in [0.15, 0.2) is 11.2 Å². The van der Waals surface area contributed by atoms with Crippen molar-refractivity contribution in [1.29, 1.82) is 0 Å². The van der Waals surface area contributed by atoms with Gasteiger partial charge in [-0.05, 0) is 12.1 Å². The number of hydrogen-bond donors (Lipinski definition) is 0. The molecule has 134 valence electrons. The second-order valence-corrected chi connectivity index (χ2v) is 6.13. The SMILES string of the molecule is C=CCn1c(=O)c2c(nc3n2CCN3c2cccc(OC)c2)n(C)c1=O. The highest BCUT2D eigenvalue weighted by atomic mass is 16.5. The van der Waals surface area contributed by atoms with Crippen molar-refractivity contribution in [2.24, 2.45) is 7.05 Å². The number of aryl methyl sites for hydroxylation is 1. The first-order valence-corrected chi connectivity index (χ1v) is 8.29. The molecule has 0 radical (unpaired) electrons. The van der Waals surface area contributed by atoms with Gasteiger partial charge in [-0.1, -0.05) is 12.1 Å². The fraction of sp³-hybridized carbons (Fsp3) is 0.278. The normalized spacial score (nSPS) is 13.2. The molecule has 8 nitrogen and oxygen atoms in total. The van der Waals surface area contributed by atoms with E-state index in [0.717, 1.165) is 11.4 Å². The van der Waals surface area contributed by atoms with Gasteiger partial charge in [-0.2, -0.15) is 4.98 Å². The third kappa shape index (κ3) is 2.18. The second kappa shape index (κ2) is 5.91. The molecule has 1 aromatic carbocycles. The molecule has 3 heterocycles. The molecule has 0 amide bonds. The van der Waals surface area contributed by atoms with Crippen LogP contribution in [0.1, 0.15) is 0 Å². The predicted molar refractivity (Wildman–Crippen MR) is 99.4 cm³/mol. The fourth-order valence-electron chi connectivity index (χ4n) is 3.39. The number of fused-ring (bicyclic) bond motifs is 3. The average molecular weight is 353 g/mol. The van der Waals surface area contributed by atoms with E-state index in [-0.39, 0.29) is 12.1 Å². The Morgan fingerprint density at radius 2 is 2.12 bits per heavy atom. The van der Waals surface area contributed by atoms with E-state index in [1.165, 1.54) is 9.13 Å². The lowest BCUT2D eigenvalue weighted by atomic mass is 10.3. The van der Waals surface area contributed by atoms with Crippen molar-refractivity contribution in [1.82, 2.24) is 18.7 Å². The lowest BCUT2D eigenvalue weighted by molar-refractivity contribution is 0.415. The molecule has 0 spiro atoms. The molecule has 3 aromatic rings. The maximum absolute atomic E-state index is 12.9. The summed E-state index contributed by atoms with van der Waals surface area (Å²) in [4.78, 5) is 31.9. The van der Waals surface area contributed by atoms with E-state index in [0.29, 0.717) is 30.2 Å². The zero-order chi connectivity index (χ0) is 18.4. The first-order valence-electron chi connectivity index (χ1n) is 8.29. The lowest BCUT2D eigenvalue weighted by Crippen LogP contribution is -2.39. The molecule has 0 saturated heterocycles. The zero-order valence-corrected chi connectivity index (χ0v) is 14.7. The second-order valence-electron chi connectivity index (χ2n) is 6.13. The number of allylic oxidation sites excluding steroid dienone is 1. The standard InChI is InChI=1S/C18H19N5O3/c1-4-8-23-16(24)14-15(20(2)18(23)25)19-17-21(9-10-22(14)17)12-6-5-7-13(11-12)26-3/h4-7,11H,1,8-10H2,2-3H3. The van der Waals surface area contributed by atoms with Gasteiger partial charge in [0, 0.05) is 38.4 Å². The van der Waals surface area contributed by atoms with Crippen molar-refractivity contribution >= 4 is 22.8 Å². The van der Waals surface area contributed by atoms with Crippen LogP contribution in [0.4, 0.5) is 11.6 Å². The molecular formula is C18H19N5O3. The summed E-state index contributed by atoms with van der Waals surface area (Å²) >= 11 is 0. The van der Waals surface area contributed by atoms with Gasteiger partial charge in [-0.15, -0.1) is 6.58 Å². The summed E-state index contributed by atoms with van der Waals surface area (Å²) in [5.74, 6) is 1.40. The third-order valence-corrected chi connectivity index (χ3v) is 4.68. The van der Waals surface area contributed by atoms with E-state index in [9.17, 15) is 9.59 Å². The van der Waals surface area contributed by atoms with Gasteiger partial charge in [0.1, 0.15) is 5.75 Å². The van der Waals surface area contributed by atoms with Gasteiger partial charge in [-0.25, -0.2) is 4.79 Å². The van der Waals surface area contributed by atoms with Crippen molar-refractivity contribution in [2.45, 2.75) is 13.1 Å². The van der Waals surface area contributed by atoms with Crippen molar-refractivity contribution in [3.05, 3.63) is 57.8 Å². The molecule has 0 fully saturated rings. The Balaban J connectivity index is 1.95. The molecule has 1 aliphatic rings. The zero-order valence-electron chi connectivity index (χ0n) is 14.7. The first-order chi connectivity index (χ1) is 12.6. The first kappa shape index (κ1) is 16.2. The molecule has 0 saturated carbocycles. The lowest BCUT2D eigenvalue weighted by Gasteiger charge is -2.16. The van der Waals surface area contributed by atoms with Crippen LogP contribution in [0.2, 0.25) is 0 Å². The van der Waals surface area contributed by atoms with Crippen molar-refractivity contribution in [2.75, 3.05) is 18.6 Å². The van der Waals surface area contributed by atoms with Crippen LogP contribution in [0.3, 0.4) is 0 Å². The molecule has 0 unspecified atom stereocenters. The number of aromatic nitrogens is 4. The highest BCUT2D eigenvalue weighted by molar-refractivity contribution is 5.78. The van der Waals surface area contributed by atoms with E-state index in [1.54, 1.807) is 20.2 Å². The largest absolute Gasteiger partial charge is 0.497 e. The summed E-state index contributed by atoms with van der Waals surface area (Å²) in [6, 6.07) is 7.67. The number of benzene rings is 1. The Hall–Kier alpha value is -3.29. The number of anilines is 2. The highest BCUT2D eigenvalue weighted by Crippen LogP contribution is 2.33. The predicted octanol–water partition coefficient (Wildman–Crippen LogP) is 1.24. The van der Waals surface area contributed by atoms with Crippen LogP contribution in [-0.4, -0.2) is 32.3 Å². The number of ether oxygens (including phenoxy) is 1. The Morgan fingerprint density at radius 3 is 2.85 bits per heavy atom. The van der Waals surface area contributed by atoms with Crippen molar-refractivity contribution in [3.63, 3.8) is 0 Å². The summed E-state index contributed by atoms with van der Waals surface area (Å²) in [6.07, 6.45) is 1.54. The minimum absolute atomic E-state index is 0.168. The van der Waals surface area contributed by atoms with Crippen molar-refractivity contribution in [3.8, 4) is 5.75 Å². The Labute approximate surface area is 149 Å². The minimum atomic E-state index is -0.396. The van der Waals surface area contributed by atoms with E-state index in [2.05, 4.69) is 11.6 Å². The maximum Gasteiger partial charge on any atom is 0.332 e. The number of hydrogen-bond acceptors (Lipinski definition) is 5. The van der Waals surface area contributed by atoms with Gasteiger partial charge in [-0.3, -0.25) is 13.9 Å².